The first-order valence-corrected chi connectivity index (χ1v) is 8.27. The number of rotatable bonds is 6. The molecule has 2 aromatic rings. The second-order valence-corrected chi connectivity index (χ2v) is 7.23. The summed E-state index contributed by atoms with van der Waals surface area (Å²) in [5, 5.41) is 7.47. The molecular formula is C16H23N3OS. The van der Waals surface area contributed by atoms with Gasteiger partial charge in [0, 0.05) is 29.0 Å². The van der Waals surface area contributed by atoms with E-state index in [0.29, 0.717) is 11.7 Å². The molecule has 114 valence electrons. The van der Waals surface area contributed by atoms with Gasteiger partial charge in [-0.2, -0.15) is 4.98 Å². The molecule has 4 nitrogen and oxygen atoms in total. The van der Waals surface area contributed by atoms with Gasteiger partial charge in [0.1, 0.15) is 0 Å². The van der Waals surface area contributed by atoms with Gasteiger partial charge in [-0.1, -0.05) is 12.1 Å². The fraction of sp³-hybridized carbons (Fsp3) is 0.500. The Kier molecular flexibility index (Phi) is 5.42. The normalized spacial score (nSPS) is 11.8. The highest BCUT2D eigenvalue weighted by Crippen LogP contribution is 2.22. The molecule has 1 heterocycles. The van der Waals surface area contributed by atoms with Crippen molar-refractivity contribution in [2.24, 2.45) is 0 Å². The topological polar surface area (TPSA) is 51.0 Å². The van der Waals surface area contributed by atoms with Crippen molar-refractivity contribution in [2.75, 3.05) is 12.3 Å². The number of nitrogens with one attached hydrogen (secondary N) is 1. The van der Waals surface area contributed by atoms with Gasteiger partial charge in [0.15, 0.2) is 0 Å². The molecule has 0 amide bonds. The molecule has 2 rings (SSSR count). The fourth-order valence-corrected chi connectivity index (χ4v) is 2.55. The summed E-state index contributed by atoms with van der Waals surface area (Å²) >= 11 is 1.83. The molecule has 0 fully saturated rings. The third-order valence-corrected chi connectivity index (χ3v) is 3.78. The zero-order chi connectivity index (χ0) is 15.3. The second-order valence-electron chi connectivity index (χ2n) is 5.90. The van der Waals surface area contributed by atoms with Crippen LogP contribution >= 0.6 is 11.8 Å². The van der Waals surface area contributed by atoms with Crippen molar-refractivity contribution in [3.63, 3.8) is 0 Å². The summed E-state index contributed by atoms with van der Waals surface area (Å²) in [5.41, 5.74) is 1.10. The largest absolute Gasteiger partial charge is 0.339 e. The van der Waals surface area contributed by atoms with Gasteiger partial charge in [-0.3, -0.25) is 0 Å². The molecule has 0 aliphatic heterocycles. The quantitative estimate of drug-likeness (QED) is 0.823. The van der Waals surface area contributed by atoms with Gasteiger partial charge in [-0.15, -0.1) is 11.8 Å². The molecule has 0 saturated heterocycles. The van der Waals surface area contributed by atoms with E-state index in [4.69, 9.17) is 4.52 Å². The number of benzene rings is 1. The SMILES string of the molecule is CCSc1ccc(-c2noc(CCNC(C)(C)C)n2)cc1. The van der Waals surface area contributed by atoms with Crippen LogP contribution in [0.25, 0.3) is 11.4 Å². The second kappa shape index (κ2) is 7.09. The summed E-state index contributed by atoms with van der Waals surface area (Å²) < 4.78 is 5.31. The van der Waals surface area contributed by atoms with Crippen molar-refractivity contribution >= 4 is 11.8 Å². The van der Waals surface area contributed by atoms with Crippen LogP contribution in [-0.2, 0) is 6.42 Å². The van der Waals surface area contributed by atoms with Crippen molar-refractivity contribution in [1.29, 1.82) is 0 Å². The third kappa shape index (κ3) is 5.17. The van der Waals surface area contributed by atoms with Crippen LogP contribution in [-0.4, -0.2) is 28.0 Å². The van der Waals surface area contributed by atoms with E-state index in [1.165, 1.54) is 4.90 Å². The van der Waals surface area contributed by atoms with Crippen molar-refractivity contribution in [3.8, 4) is 11.4 Å². The number of thioether (sulfide) groups is 1. The lowest BCUT2D eigenvalue weighted by Crippen LogP contribution is -2.37. The Balaban J connectivity index is 1.96. The van der Waals surface area contributed by atoms with Crippen LogP contribution in [0, 0.1) is 0 Å². The predicted molar refractivity (Wildman–Crippen MR) is 87.6 cm³/mol. The van der Waals surface area contributed by atoms with E-state index in [1.54, 1.807) is 0 Å². The van der Waals surface area contributed by atoms with Gasteiger partial charge in [0.05, 0.1) is 0 Å². The summed E-state index contributed by atoms with van der Waals surface area (Å²) in [6.07, 6.45) is 0.744. The van der Waals surface area contributed by atoms with Gasteiger partial charge in [-0.25, -0.2) is 0 Å². The minimum atomic E-state index is 0.107. The maximum atomic E-state index is 5.31. The molecule has 0 spiro atoms. The molecule has 1 aromatic heterocycles. The van der Waals surface area contributed by atoms with Crippen molar-refractivity contribution in [3.05, 3.63) is 30.2 Å². The van der Waals surface area contributed by atoms with Crippen LogP contribution in [0.2, 0.25) is 0 Å². The Labute approximate surface area is 130 Å². The minimum absolute atomic E-state index is 0.107. The van der Waals surface area contributed by atoms with E-state index in [1.807, 2.05) is 23.9 Å². The molecule has 0 saturated carbocycles. The molecule has 1 aromatic carbocycles. The Morgan fingerprint density at radius 2 is 1.90 bits per heavy atom. The monoisotopic (exact) mass is 305 g/mol. The van der Waals surface area contributed by atoms with Gasteiger partial charge in [0.25, 0.3) is 0 Å². The number of hydrogen-bond donors (Lipinski definition) is 1. The molecule has 21 heavy (non-hydrogen) atoms. The summed E-state index contributed by atoms with van der Waals surface area (Å²) in [7, 11) is 0. The zero-order valence-electron chi connectivity index (χ0n) is 13.1. The van der Waals surface area contributed by atoms with Crippen molar-refractivity contribution < 1.29 is 4.52 Å². The lowest BCUT2D eigenvalue weighted by Gasteiger charge is -2.19. The Morgan fingerprint density at radius 1 is 1.19 bits per heavy atom. The van der Waals surface area contributed by atoms with Crippen LogP contribution in [0.1, 0.15) is 33.6 Å². The lowest BCUT2D eigenvalue weighted by atomic mass is 10.1. The van der Waals surface area contributed by atoms with Crippen LogP contribution < -0.4 is 5.32 Å². The summed E-state index contributed by atoms with van der Waals surface area (Å²) in [6, 6.07) is 8.28. The zero-order valence-corrected chi connectivity index (χ0v) is 14.0. The van der Waals surface area contributed by atoms with E-state index in [2.05, 4.69) is 55.3 Å². The maximum Gasteiger partial charge on any atom is 0.228 e. The van der Waals surface area contributed by atoms with Crippen LogP contribution in [0.4, 0.5) is 0 Å². The minimum Gasteiger partial charge on any atom is -0.339 e. The Bertz CT molecular complexity index is 558. The summed E-state index contributed by atoms with van der Waals surface area (Å²) in [5.74, 6) is 2.41. The predicted octanol–water partition coefficient (Wildman–Crippen LogP) is 3.78. The van der Waals surface area contributed by atoms with Crippen LogP contribution in [0.3, 0.4) is 0 Å². The average Bonchev–Trinajstić information content (AvgIpc) is 2.87. The van der Waals surface area contributed by atoms with Gasteiger partial charge < -0.3 is 9.84 Å². The average molecular weight is 305 g/mol. The van der Waals surface area contributed by atoms with Gasteiger partial charge >= 0.3 is 0 Å². The lowest BCUT2D eigenvalue weighted by molar-refractivity contribution is 0.362. The van der Waals surface area contributed by atoms with E-state index in [0.717, 1.165) is 24.3 Å². The number of hydrogen-bond acceptors (Lipinski definition) is 5. The van der Waals surface area contributed by atoms with Crippen molar-refractivity contribution in [1.82, 2.24) is 15.5 Å². The highest BCUT2D eigenvalue weighted by molar-refractivity contribution is 7.99. The van der Waals surface area contributed by atoms with Crippen molar-refractivity contribution in [2.45, 2.75) is 44.6 Å². The Morgan fingerprint density at radius 3 is 2.52 bits per heavy atom. The molecule has 1 N–H and O–H groups in total. The Hall–Kier alpha value is -1.33. The van der Waals surface area contributed by atoms with E-state index in [9.17, 15) is 0 Å². The van der Waals surface area contributed by atoms with Gasteiger partial charge in [0.2, 0.25) is 11.7 Å². The number of nitrogens with zero attached hydrogens (tertiary/aromatic N) is 2. The molecule has 0 unspecified atom stereocenters. The molecule has 0 atom stereocenters. The third-order valence-electron chi connectivity index (χ3n) is 2.89. The molecule has 0 aliphatic rings. The highest BCUT2D eigenvalue weighted by atomic mass is 32.2. The number of aromatic nitrogens is 2. The highest BCUT2D eigenvalue weighted by Gasteiger charge is 2.11. The van der Waals surface area contributed by atoms with E-state index < -0.39 is 0 Å². The van der Waals surface area contributed by atoms with Gasteiger partial charge in [-0.05, 0) is 50.8 Å². The van der Waals surface area contributed by atoms with Crippen LogP contribution in [0.5, 0.6) is 0 Å². The summed E-state index contributed by atoms with van der Waals surface area (Å²) in [4.78, 5) is 5.71. The standard InChI is InChI=1S/C16H23N3OS/c1-5-21-13-8-6-12(7-9-13)15-18-14(20-19-15)10-11-17-16(2,3)4/h6-9,17H,5,10-11H2,1-4H3. The van der Waals surface area contributed by atoms with E-state index >= 15 is 0 Å². The maximum absolute atomic E-state index is 5.31. The molecular weight excluding hydrogens is 282 g/mol. The molecule has 0 aliphatic carbocycles. The molecule has 0 bridgehead atoms. The smallest absolute Gasteiger partial charge is 0.228 e. The van der Waals surface area contributed by atoms with E-state index in [-0.39, 0.29) is 5.54 Å². The molecule has 0 radical (unpaired) electrons. The first-order chi connectivity index (χ1) is 9.98. The molecule has 5 heteroatoms. The first-order valence-electron chi connectivity index (χ1n) is 7.29. The summed E-state index contributed by atoms with van der Waals surface area (Å²) in [6.45, 7) is 9.40. The van der Waals surface area contributed by atoms with Crippen LogP contribution in [0.15, 0.2) is 33.7 Å². The first kappa shape index (κ1) is 16.0. The fourth-order valence-electron chi connectivity index (χ4n) is 1.88.